The number of aliphatic carboxylic acids is 1. The number of carbonyl (C=O) groups is 2. The van der Waals surface area contributed by atoms with E-state index in [1.165, 1.54) is 4.90 Å². The first-order chi connectivity index (χ1) is 8.99. The van der Waals surface area contributed by atoms with E-state index in [1.807, 2.05) is 0 Å². The highest BCUT2D eigenvalue weighted by molar-refractivity contribution is 7.17. The van der Waals surface area contributed by atoms with Gasteiger partial charge in [-0.15, -0.1) is 0 Å². The van der Waals surface area contributed by atoms with Crippen molar-refractivity contribution in [2.45, 2.75) is 19.4 Å². The van der Waals surface area contributed by atoms with E-state index >= 15 is 0 Å². The lowest BCUT2D eigenvalue weighted by atomic mass is 10.1. The lowest BCUT2D eigenvalue weighted by Crippen LogP contribution is -2.49. The molecule has 1 aromatic rings. The van der Waals surface area contributed by atoms with Crippen molar-refractivity contribution in [2.24, 2.45) is 0 Å². The summed E-state index contributed by atoms with van der Waals surface area (Å²) in [6, 6.07) is -0.443. The Kier molecular flexibility index (Phi) is 4.01. The first kappa shape index (κ1) is 13.8. The van der Waals surface area contributed by atoms with Crippen LogP contribution in [0.5, 0.6) is 0 Å². The second-order valence-electron chi connectivity index (χ2n) is 4.29. The van der Waals surface area contributed by atoms with Gasteiger partial charge in [0.1, 0.15) is 4.88 Å². The van der Waals surface area contributed by atoms with Crippen LogP contribution in [0.4, 0.5) is 5.13 Å². The van der Waals surface area contributed by atoms with Crippen LogP contribution in [0.3, 0.4) is 0 Å². The number of thiazole rings is 1. The van der Waals surface area contributed by atoms with Gasteiger partial charge in [0.05, 0.1) is 31.4 Å². The maximum atomic E-state index is 12.4. The van der Waals surface area contributed by atoms with Crippen LogP contribution in [0.2, 0.25) is 0 Å². The largest absolute Gasteiger partial charge is 0.481 e. The van der Waals surface area contributed by atoms with E-state index in [2.05, 4.69) is 4.98 Å². The minimum absolute atomic E-state index is 0.126. The van der Waals surface area contributed by atoms with E-state index in [4.69, 9.17) is 15.6 Å². The van der Waals surface area contributed by atoms with Crippen LogP contribution in [0, 0.1) is 6.92 Å². The zero-order valence-electron chi connectivity index (χ0n) is 10.5. The minimum atomic E-state index is -0.950. The van der Waals surface area contributed by atoms with Crippen molar-refractivity contribution < 1.29 is 19.4 Å². The summed E-state index contributed by atoms with van der Waals surface area (Å²) in [6.07, 6.45) is -0.126. The number of nitrogen functional groups attached to an aromatic ring is 1. The van der Waals surface area contributed by atoms with Crippen molar-refractivity contribution in [3.05, 3.63) is 10.6 Å². The molecule has 0 aliphatic carbocycles. The maximum absolute atomic E-state index is 12.4. The Balaban J connectivity index is 2.19. The number of hydrogen-bond acceptors (Lipinski definition) is 6. The number of nitrogens with zero attached hydrogens (tertiary/aromatic N) is 2. The third kappa shape index (κ3) is 3.02. The predicted octanol–water partition coefficient (Wildman–Crippen LogP) is 0.349. The lowest BCUT2D eigenvalue weighted by molar-refractivity contribution is -0.139. The summed E-state index contributed by atoms with van der Waals surface area (Å²) in [5.74, 6) is -1.17. The monoisotopic (exact) mass is 285 g/mol. The van der Waals surface area contributed by atoms with E-state index < -0.39 is 12.0 Å². The molecule has 8 heteroatoms. The Morgan fingerprint density at radius 2 is 2.37 bits per heavy atom. The highest BCUT2D eigenvalue weighted by Gasteiger charge is 2.31. The minimum Gasteiger partial charge on any atom is -0.481 e. The van der Waals surface area contributed by atoms with Gasteiger partial charge in [-0.25, -0.2) is 4.98 Å². The Morgan fingerprint density at radius 3 is 2.95 bits per heavy atom. The number of aryl methyl sites for hydroxylation is 1. The van der Waals surface area contributed by atoms with E-state index in [1.54, 1.807) is 6.92 Å². The molecule has 1 saturated heterocycles. The molecule has 3 N–H and O–H groups in total. The Hall–Kier alpha value is -1.67. The van der Waals surface area contributed by atoms with Crippen molar-refractivity contribution in [1.29, 1.82) is 0 Å². The van der Waals surface area contributed by atoms with Crippen LogP contribution < -0.4 is 5.73 Å². The van der Waals surface area contributed by atoms with Crippen LogP contribution in [-0.4, -0.2) is 52.7 Å². The van der Waals surface area contributed by atoms with Gasteiger partial charge in [0, 0.05) is 6.54 Å². The molecule has 0 aromatic carbocycles. The molecule has 1 aliphatic rings. The number of carboxylic acid groups (broad SMARTS) is 1. The summed E-state index contributed by atoms with van der Waals surface area (Å²) in [7, 11) is 0. The third-order valence-electron chi connectivity index (χ3n) is 2.91. The molecule has 0 radical (unpaired) electrons. The van der Waals surface area contributed by atoms with E-state index in [0.717, 1.165) is 11.3 Å². The van der Waals surface area contributed by atoms with Crippen LogP contribution in [-0.2, 0) is 9.53 Å². The molecule has 0 saturated carbocycles. The number of rotatable bonds is 3. The summed E-state index contributed by atoms with van der Waals surface area (Å²) in [5.41, 5.74) is 6.16. The zero-order valence-corrected chi connectivity index (χ0v) is 11.3. The van der Waals surface area contributed by atoms with Crippen LogP contribution in [0.25, 0.3) is 0 Å². The molecule has 104 valence electrons. The molecule has 2 rings (SSSR count). The van der Waals surface area contributed by atoms with Crippen molar-refractivity contribution in [3.8, 4) is 0 Å². The van der Waals surface area contributed by atoms with E-state index in [9.17, 15) is 9.59 Å². The normalized spacial score (nSPS) is 19.4. The molecular formula is C11H15N3O4S. The first-order valence-corrected chi connectivity index (χ1v) is 6.64. The molecule has 1 unspecified atom stereocenters. The number of carbonyl (C=O) groups excluding carboxylic acids is 1. The molecule has 1 fully saturated rings. The molecule has 1 aromatic heterocycles. The molecule has 7 nitrogen and oxygen atoms in total. The molecule has 0 bridgehead atoms. The van der Waals surface area contributed by atoms with Gasteiger partial charge in [-0.05, 0) is 6.92 Å². The number of ether oxygens (including phenoxy) is 1. The third-order valence-corrected chi connectivity index (χ3v) is 3.88. The maximum Gasteiger partial charge on any atom is 0.305 e. The smallest absolute Gasteiger partial charge is 0.305 e. The van der Waals surface area contributed by atoms with Gasteiger partial charge in [0.2, 0.25) is 0 Å². The topological polar surface area (TPSA) is 106 Å². The molecule has 1 atom stereocenters. The summed E-state index contributed by atoms with van der Waals surface area (Å²) in [6.45, 7) is 2.75. The average Bonchev–Trinajstić information content (AvgIpc) is 2.67. The van der Waals surface area contributed by atoms with Crippen LogP contribution >= 0.6 is 11.3 Å². The van der Waals surface area contributed by atoms with E-state index in [0.29, 0.717) is 28.9 Å². The van der Waals surface area contributed by atoms with Gasteiger partial charge in [0.25, 0.3) is 5.91 Å². The molecule has 0 spiro atoms. The number of hydrogen-bond donors (Lipinski definition) is 2. The first-order valence-electron chi connectivity index (χ1n) is 5.82. The number of carboxylic acids is 1. The quantitative estimate of drug-likeness (QED) is 0.830. The fraction of sp³-hybridized carbons (Fsp3) is 0.545. The second kappa shape index (κ2) is 5.54. The van der Waals surface area contributed by atoms with Gasteiger partial charge in [-0.1, -0.05) is 11.3 Å². The Labute approximate surface area is 114 Å². The van der Waals surface area contributed by atoms with Crippen molar-refractivity contribution in [1.82, 2.24) is 9.88 Å². The van der Waals surface area contributed by atoms with Crippen LogP contribution in [0.1, 0.15) is 21.8 Å². The Morgan fingerprint density at radius 1 is 1.63 bits per heavy atom. The fourth-order valence-corrected chi connectivity index (χ4v) is 2.83. The molecule has 1 amide bonds. The summed E-state index contributed by atoms with van der Waals surface area (Å²) in [4.78, 5) is 29.3. The van der Waals surface area contributed by atoms with Crippen molar-refractivity contribution >= 4 is 28.3 Å². The summed E-state index contributed by atoms with van der Waals surface area (Å²) < 4.78 is 5.24. The number of morpholine rings is 1. The summed E-state index contributed by atoms with van der Waals surface area (Å²) >= 11 is 1.12. The molecular weight excluding hydrogens is 270 g/mol. The molecule has 19 heavy (non-hydrogen) atoms. The zero-order chi connectivity index (χ0) is 14.0. The van der Waals surface area contributed by atoms with Gasteiger partial charge in [-0.2, -0.15) is 0 Å². The average molecular weight is 285 g/mol. The number of aromatic nitrogens is 1. The summed E-state index contributed by atoms with van der Waals surface area (Å²) in [5, 5.41) is 9.21. The van der Waals surface area contributed by atoms with Crippen LogP contribution in [0.15, 0.2) is 0 Å². The second-order valence-corrected chi connectivity index (χ2v) is 5.32. The fourth-order valence-electron chi connectivity index (χ4n) is 2.04. The van der Waals surface area contributed by atoms with Crippen molar-refractivity contribution in [3.63, 3.8) is 0 Å². The highest BCUT2D eigenvalue weighted by atomic mass is 32.1. The van der Waals surface area contributed by atoms with Crippen molar-refractivity contribution in [2.75, 3.05) is 25.5 Å². The highest BCUT2D eigenvalue weighted by Crippen LogP contribution is 2.24. The number of amides is 1. The Bertz CT molecular complexity index is 502. The molecule has 1 aliphatic heterocycles. The van der Waals surface area contributed by atoms with E-state index in [-0.39, 0.29) is 18.9 Å². The number of nitrogens with two attached hydrogens (primary N) is 1. The number of anilines is 1. The van der Waals surface area contributed by atoms with Gasteiger partial charge in [-0.3, -0.25) is 9.59 Å². The van der Waals surface area contributed by atoms with Gasteiger partial charge in [0.15, 0.2) is 5.13 Å². The van der Waals surface area contributed by atoms with Gasteiger partial charge < -0.3 is 20.5 Å². The van der Waals surface area contributed by atoms with Gasteiger partial charge >= 0.3 is 5.97 Å². The standard InChI is InChI=1S/C11H15N3O4S/c1-6-9(19-11(12)13-6)10(17)14-2-3-18-5-7(14)4-8(15)16/h7H,2-5H2,1H3,(H2,12,13)(H,15,16). The predicted molar refractivity (Wildman–Crippen MR) is 69.2 cm³/mol. The lowest BCUT2D eigenvalue weighted by Gasteiger charge is -2.34. The molecule has 2 heterocycles. The SMILES string of the molecule is Cc1nc(N)sc1C(=O)N1CCOCC1CC(=O)O.